The minimum absolute atomic E-state index is 0.116. The molecule has 1 aromatic rings. The van der Waals surface area contributed by atoms with E-state index >= 15 is 0 Å². The van der Waals surface area contributed by atoms with Crippen LogP contribution in [0.25, 0.3) is 6.08 Å². The summed E-state index contributed by atoms with van der Waals surface area (Å²) in [5.41, 5.74) is 0.894. The number of nitrogens with one attached hydrogen (secondary N) is 1. The molecule has 0 spiro atoms. The lowest BCUT2D eigenvalue weighted by molar-refractivity contribution is -0.116. The van der Waals surface area contributed by atoms with Crippen LogP contribution < -0.4 is 14.8 Å². The number of ether oxygens (including phenoxy) is 3. The van der Waals surface area contributed by atoms with Gasteiger partial charge in [0.2, 0.25) is 5.91 Å². The van der Waals surface area contributed by atoms with Crippen molar-refractivity contribution in [1.29, 1.82) is 0 Å². The predicted molar refractivity (Wildman–Crippen MR) is 99.0 cm³/mol. The molecule has 1 aliphatic rings. The highest BCUT2D eigenvalue weighted by Gasteiger charge is 2.15. The van der Waals surface area contributed by atoms with Gasteiger partial charge in [0.05, 0.1) is 19.8 Å². The Kier molecular flexibility index (Phi) is 8.32. The van der Waals surface area contributed by atoms with E-state index in [-0.39, 0.29) is 12.0 Å². The number of rotatable bonds is 10. The van der Waals surface area contributed by atoms with Crippen molar-refractivity contribution in [3.05, 3.63) is 29.8 Å². The number of carbonyl (C=O) groups excluding carboxylic acids is 1. The number of benzene rings is 1. The van der Waals surface area contributed by atoms with Crippen molar-refractivity contribution >= 4 is 12.0 Å². The number of unbranched alkanes of at least 4 members (excludes halogenated alkanes) is 2. The third kappa shape index (κ3) is 6.78. The fourth-order valence-electron chi connectivity index (χ4n) is 2.69. The van der Waals surface area contributed by atoms with Gasteiger partial charge in [-0.2, -0.15) is 0 Å². The van der Waals surface area contributed by atoms with Crippen molar-refractivity contribution in [2.45, 2.75) is 45.1 Å². The maximum Gasteiger partial charge on any atom is 0.244 e. The summed E-state index contributed by atoms with van der Waals surface area (Å²) in [5, 5.41) is 2.87. The lowest BCUT2D eigenvalue weighted by Crippen LogP contribution is -2.30. The summed E-state index contributed by atoms with van der Waals surface area (Å²) < 4.78 is 16.6. The smallest absolute Gasteiger partial charge is 0.244 e. The normalized spacial score (nSPS) is 17.0. The molecule has 5 nitrogen and oxygen atoms in total. The molecule has 5 heteroatoms. The first kappa shape index (κ1) is 19.3. The monoisotopic (exact) mass is 347 g/mol. The van der Waals surface area contributed by atoms with Gasteiger partial charge in [0, 0.05) is 19.2 Å². The van der Waals surface area contributed by atoms with Crippen LogP contribution >= 0.6 is 0 Å². The summed E-state index contributed by atoms with van der Waals surface area (Å²) in [7, 11) is 1.62. The highest BCUT2D eigenvalue weighted by Crippen LogP contribution is 2.28. The minimum Gasteiger partial charge on any atom is -0.493 e. The molecule has 1 amide bonds. The Morgan fingerprint density at radius 1 is 1.36 bits per heavy atom. The van der Waals surface area contributed by atoms with Gasteiger partial charge in [0.15, 0.2) is 11.5 Å². The Balaban J connectivity index is 1.84. The van der Waals surface area contributed by atoms with E-state index in [2.05, 4.69) is 12.2 Å². The second kappa shape index (κ2) is 10.8. The average Bonchev–Trinajstić information content (AvgIpc) is 3.16. The van der Waals surface area contributed by atoms with Crippen molar-refractivity contribution < 1.29 is 19.0 Å². The van der Waals surface area contributed by atoms with Crippen LogP contribution in [0.5, 0.6) is 11.5 Å². The number of carbonyl (C=O) groups is 1. The molecule has 1 N–H and O–H groups in total. The van der Waals surface area contributed by atoms with E-state index in [1.807, 2.05) is 18.2 Å². The molecule has 1 heterocycles. The quantitative estimate of drug-likeness (QED) is 0.519. The van der Waals surface area contributed by atoms with Crippen LogP contribution in [-0.4, -0.2) is 38.9 Å². The number of hydrogen-bond acceptors (Lipinski definition) is 4. The minimum atomic E-state index is -0.116. The van der Waals surface area contributed by atoms with Crippen LogP contribution in [0.15, 0.2) is 24.3 Å². The summed E-state index contributed by atoms with van der Waals surface area (Å²) in [6, 6.07) is 5.68. The largest absolute Gasteiger partial charge is 0.493 e. The molecule has 0 aromatic heterocycles. The van der Waals surface area contributed by atoms with Crippen LogP contribution in [0.2, 0.25) is 0 Å². The van der Waals surface area contributed by atoms with Crippen molar-refractivity contribution in [3.8, 4) is 11.5 Å². The molecule has 1 atom stereocenters. The van der Waals surface area contributed by atoms with Crippen molar-refractivity contribution in [2.24, 2.45) is 0 Å². The maximum absolute atomic E-state index is 11.9. The van der Waals surface area contributed by atoms with Crippen LogP contribution in [0.4, 0.5) is 0 Å². The van der Waals surface area contributed by atoms with E-state index in [9.17, 15) is 4.79 Å². The van der Waals surface area contributed by atoms with Gasteiger partial charge in [0.1, 0.15) is 0 Å². The molecule has 0 bridgehead atoms. The SMILES string of the molecule is CCCCCOc1ccc(C=CC(=O)NCC2CCCO2)cc1OC. The van der Waals surface area contributed by atoms with Gasteiger partial charge >= 0.3 is 0 Å². The first-order valence-corrected chi connectivity index (χ1v) is 9.11. The molecular formula is C20H29NO4. The second-order valence-corrected chi connectivity index (χ2v) is 6.18. The zero-order valence-corrected chi connectivity index (χ0v) is 15.3. The highest BCUT2D eigenvalue weighted by atomic mass is 16.5. The van der Waals surface area contributed by atoms with E-state index < -0.39 is 0 Å². The maximum atomic E-state index is 11.9. The van der Waals surface area contributed by atoms with Crippen LogP contribution in [-0.2, 0) is 9.53 Å². The zero-order chi connectivity index (χ0) is 17.9. The molecule has 0 saturated carbocycles. The Morgan fingerprint density at radius 2 is 2.24 bits per heavy atom. The Bertz CT molecular complexity index is 565. The van der Waals surface area contributed by atoms with E-state index in [4.69, 9.17) is 14.2 Å². The standard InChI is InChI=1S/C20H29NO4/c1-3-4-5-12-25-18-10-8-16(14-19(18)23-2)9-11-20(22)21-15-17-7-6-13-24-17/h8-11,14,17H,3-7,12-13,15H2,1-2H3,(H,21,22). The van der Waals surface area contributed by atoms with Crippen molar-refractivity contribution in [3.63, 3.8) is 0 Å². The molecule has 1 unspecified atom stereocenters. The fraction of sp³-hybridized carbons (Fsp3) is 0.550. The summed E-state index contributed by atoms with van der Waals surface area (Å²) in [5.74, 6) is 1.30. The molecule has 2 rings (SSSR count). The summed E-state index contributed by atoms with van der Waals surface area (Å²) >= 11 is 0. The van der Waals surface area contributed by atoms with Gasteiger partial charge in [0.25, 0.3) is 0 Å². The topological polar surface area (TPSA) is 56.8 Å². The van der Waals surface area contributed by atoms with Gasteiger partial charge in [-0.15, -0.1) is 0 Å². The molecule has 25 heavy (non-hydrogen) atoms. The molecule has 1 fully saturated rings. The first-order chi connectivity index (χ1) is 12.2. The predicted octanol–water partition coefficient (Wildman–Crippen LogP) is 3.57. The highest BCUT2D eigenvalue weighted by molar-refractivity contribution is 5.91. The molecule has 1 aliphatic heterocycles. The average molecular weight is 347 g/mol. The zero-order valence-electron chi connectivity index (χ0n) is 15.3. The molecule has 0 aliphatic carbocycles. The molecule has 1 saturated heterocycles. The van der Waals surface area contributed by atoms with Gasteiger partial charge in [-0.05, 0) is 43.0 Å². The Morgan fingerprint density at radius 3 is 2.96 bits per heavy atom. The Hall–Kier alpha value is -2.01. The Labute approximate surface area is 150 Å². The van der Waals surface area contributed by atoms with Crippen LogP contribution in [0.3, 0.4) is 0 Å². The fourth-order valence-corrected chi connectivity index (χ4v) is 2.69. The van der Waals surface area contributed by atoms with Crippen LogP contribution in [0.1, 0.15) is 44.6 Å². The van der Waals surface area contributed by atoms with Crippen molar-refractivity contribution in [2.75, 3.05) is 26.9 Å². The van der Waals surface area contributed by atoms with E-state index in [0.29, 0.717) is 18.9 Å². The molecular weight excluding hydrogens is 318 g/mol. The van der Waals surface area contributed by atoms with Crippen LogP contribution in [0, 0.1) is 0 Å². The van der Waals surface area contributed by atoms with Gasteiger partial charge in [-0.1, -0.05) is 25.8 Å². The molecule has 138 valence electrons. The second-order valence-electron chi connectivity index (χ2n) is 6.18. The lowest BCUT2D eigenvalue weighted by Gasteiger charge is -2.11. The third-order valence-corrected chi connectivity index (χ3v) is 4.15. The summed E-state index contributed by atoms with van der Waals surface area (Å²) in [6.45, 7) is 4.21. The summed E-state index contributed by atoms with van der Waals surface area (Å²) in [4.78, 5) is 11.9. The van der Waals surface area contributed by atoms with Gasteiger partial charge in [-0.3, -0.25) is 4.79 Å². The van der Waals surface area contributed by atoms with Gasteiger partial charge < -0.3 is 19.5 Å². The summed E-state index contributed by atoms with van der Waals surface area (Å²) in [6.07, 6.45) is 8.90. The van der Waals surface area contributed by atoms with Crippen molar-refractivity contribution in [1.82, 2.24) is 5.32 Å². The van der Waals surface area contributed by atoms with Gasteiger partial charge in [-0.25, -0.2) is 0 Å². The molecule has 1 aromatic carbocycles. The molecule has 0 radical (unpaired) electrons. The van der Waals surface area contributed by atoms with E-state index in [1.54, 1.807) is 13.2 Å². The number of amides is 1. The van der Waals surface area contributed by atoms with E-state index in [0.717, 1.165) is 43.6 Å². The number of hydrogen-bond donors (Lipinski definition) is 1. The third-order valence-electron chi connectivity index (χ3n) is 4.15. The first-order valence-electron chi connectivity index (χ1n) is 9.11. The lowest BCUT2D eigenvalue weighted by atomic mass is 10.2. The number of methoxy groups -OCH3 is 1. The van der Waals surface area contributed by atoms with E-state index in [1.165, 1.54) is 12.5 Å².